The van der Waals surface area contributed by atoms with Crippen molar-refractivity contribution < 1.29 is 28.5 Å². The van der Waals surface area contributed by atoms with Crippen LogP contribution in [0.15, 0.2) is 42.5 Å². The molecule has 0 unspecified atom stereocenters. The lowest BCUT2D eigenvalue weighted by Gasteiger charge is -2.15. The minimum Gasteiger partial charge on any atom is -0.497 e. The molecule has 0 atom stereocenters. The Morgan fingerprint density at radius 3 is 1.86 bits per heavy atom. The molecule has 0 radical (unpaired) electrons. The Balaban J connectivity index is 2.16. The standard InChI is InChI=1S/C22H22O6/c1-24-15-7-9-16-13(10-15)6-8-17(21(16)27-4)20(23)14-11-18(25-2)22(28-5)19(12-14)26-3/h6-12H,1-5H3. The first-order chi connectivity index (χ1) is 13.6. The van der Waals surface area contributed by atoms with Crippen molar-refractivity contribution in [2.75, 3.05) is 35.5 Å². The molecule has 0 aromatic heterocycles. The Labute approximate surface area is 163 Å². The van der Waals surface area contributed by atoms with Crippen LogP contribution in [-0.2, 0) is 0 Å². The number of ether oxygens (including phenoxy) is 5. The van der Waals surface area contributed by atoms with E-state index in [4.69, 9.17) is 23.7 Å². The Morgan fingerprint density at radius 2 is 1.32 bits per heavy atom. The van der Waals surface area contributed by atoms with E-state index in [1.54, 1.807) is 32.4 Å². The van der Waals surface area contributed by atoms with Crippen LogP contribution < -0.4 is 23.7 Å². The third-order valence-corrected chi connectivity index (χ3v) is 4.55. The van der Waals surface area contributed by atoms with Crippen molar-refractivity contribution >= 4 is 16.6 Å². The maximum Gasteiger partial charge on any atom is 0.203 e. The summed E-state index contributed by atoms with van der Waals surface area (Å²) in [4.78, 5) is 13.3. The topological polar surface area (TPSA) is 63.2 Å². The molecule has 0 spiro atoms. The average Bonchev–Trinajstić information content (AvgIpc) is 2.75. The van der Waals surface area contributed by atoms with Crippen LogP contribution in [0.25, 0.3) is 10.8 Å². The molecule has 0 saturated carbocycles. The first kappa shape index (κ1) is 19.4. The monoisotopic (exact) mass is 382 g/mol. The van der Waals surface area contributed by atoms with Crippen LogP contribution in [0.3, 0.4) is 0 Å². The van der Waals surface area contributed by atoms with Gasteiger partial charge in [0.2, 0.25) is 5.75 Å². The summed E-state index contributed by atoms with van der Waals surface area (Å²) in [6.07, 6.45) is 0. The van der Waals surface area contributed by atoms with Crippen molar-refractivity contribution in [1.82, 2.24) is 0 Å². The van der Waals surface area contributed by atoms with Crippen molar-refractivity contribution in [3.63, 3.8) is 0 Å². The Hall–Kier alpha value is -3.41. The van der Waals surface area contributed by atoms with Gasteiger partial charge in [-0.05, 0) is 41.8 Å². The van der Waals surface area contributed by atoms with Gasteiger partial charge in [0.25, 0.3) is 0 Å². The fourth-order valence-electron chi connectivity index (χ4n) is 3.17. The molecular formula is C22H22O6. The molecule has 3 rings (SSSR count). The van der Waals surface area contributed by atoms with Crippen LogP contribution in [0, 0.1) is 0 Å². The number of carbonyl (C=O) groups is 1. The van der Waals surface area contributed by atoms with Gasteiger partial charge in [-0.1, -0.05) is 6.07 Å². The molecule has 0 heterocycles. The first-order valence-corrected chi connectivity index (χ1v) is 8.57. The van der Waals surface area contributed by atoms with Crippen LogP contribution in [-0.4, -0.2) is 41.3 Å². The molecule has 6 nitrogen and oxygen atoms in total. The van der Waals surface area contributed by atoms with Gasteiger partial charge in [0, 0.05) is 10.9 Å². The second-order valence-corrected chi connectivity index (χ2v) is 5.98. The molecule has 0 aliphatic rings. The summed E-state index contributed by atoms with van der Waals surface area (Å²) in [5, 5.41) is 1.74. The number of hydrogen-bond acceptors (Lipinski definition) is 6. The Morgan fingerprint density at radius 1 is 0.679 bits per heavy atom. The van der Waals surface area contributed by atoms with E-state index in [1.807, 2.05) is 24.3 Å². The van der Waals surface area contributed by atoms with Gasteiger partial charge in [-0.2, -0.15) is 0 Å². The average molecular weight is 382 g/mol. The summed E-state index contributed by atoms with van der Waals surface area (Å²) in [7, 11) is 7.69. The zero-order valence-corrected chi connectivity index (χ0v) is 16.5. The number of carbonyl (C=O) groups excluding carboxylic acids is 1. The summed E-state index contributed by atoms with van der Waals surface area (Å²) in [5.74, 6) is 2.27. The molecule has 0 aliphatic heterocycles. The third kappa shape index (κ3) is 3.29. The number of hydrogen-bond donors (Lipinski definition) is 0. The number of fused-ring (bicyclic) bond motifs is 1. The molecule has 146 valence electrons. The van der Waals surface area contributed by atoms with E-state index < -0.39 is 0 Å². The highest BCUT2D eigenvalue weighted by Gasteiger charge is 2.21. The lowest BCUT2D eigenvalue weighted by molar-refractivity contribution is 0.103. The highest BCUT2D eigenvalue weighted by molar-refractivity contribution is 6.14. The van der Waals surface area contributed by atoms with E-state index >= 15 is 0 Å². The molecule has 0 N–H and O–H groups in total. The highest BCUT2D eigenvalue weighted by atomic mass is 16.5. The molecular weight excluding hydrogens is 360 g/mol. The number of benzene rings is 3. The van der Waals surface area contributed by atoms with Crippen molar-refractivity contribution in [1.29, 1.82) is 0 Å². The predicted octanol–water partition coefficient (Wildman–Crippen LogP) is 4.11. The summed E-state index contributed by atoms with van der Waals surface area (Å²) in [5.41, 5.74) is 0.843. The predicted molar refractivity (Wildman–Crippen MR) is 107 cm³/mol. The Kier molecular flexibility index (Phi) is 5.59. The number of rotatable bonds is 7. The third-order valence-electron chi connectivity index (χ3n) is 4.55. The maximum atomic E-state index is 13.3. The molecule has 3 aromatic carbocycles. The summed E-state index contributed by atoms with van der Waals surface area (Å²) >= 11 is 0. The van der Waals surface area contributed by atoms with Crippen LogP contribution in [0.5, 0.6) is 28.7 Å². The van der Waals surface area contributed by atoms with E-state index in [2.05, 4.69) is 0 Å². The van der Waals surface area contributed by atoms with Crippen molar-refractivity contribution in [3.05, 3.63) is 53.6 Å². The summed E-state index contributed by atoms with van der Waals surface area (Å²) in [6, 6.07) is 12.5. The molecule has 0 saturated heterocycles. The maximum absolute atomic E-state index is 13.3. The summed E-state index contributed by atoms with van der Waals surface area (Å²) < 4.78 is 26.9. The molecule has 0 bridgehead atoms. The number of methoxy groups -OCH3 is 5. The van der Waals surface area contributed by atoms with Crippen LogP contribution in [0.4, 0.5) is 0 Å². The molecule has 28 heavy (non-hydrogen) atoms. The lowest BCUT2D eigenvalue weighted by atomic mass is 9.97. The van der Waals surface area contributed by atoms with E-state index in [0.717, 1.165) is 16.5 Å². The minimum atomic E-state index is -0.214. The molecule has 3 aromatic rings. The second kappa shape index (κ2) is 8.08. The zero-order valence-electron chi connectivity index (χ0n) is 16.5. The SMILES string of the molecule is COc1ccc2c(OC)c(C(=O)c3cc(OC)c(OC)c(OC)c3)ccc2c1. The molecule has 0 fully saturated rings. The lowest BCUT2D eigenvalue weighted by Crippen LogP contribution is -2.06. The van der Waals surface area contributed by atoms with E-state index in [-0.39, 0.29) is 5.78 Å². The normalized spacial score (nSPS) is 10.5. The largest absolute Gasteiger partial charge is 0.497 e. The van der Waals surface area contributed by atoms with Gasteiger partial charge in [0.05, 0.1) is 41.1 Å². The van der Waals surface area contributed by atoms with Crippen LogP contribution in [0.1, 0.15) is 15.9 Å². The quantitative estimate of drug-likeness (QED) is 0.573. The van der Waals surface area contributed by atoms with Crippen molar-refractivity contribution in [2.24, 2.45) is 0 Å². The van der Waals surface area contributed by atoms with E-state index in [9.17, 15) is 4.79 Å². The van der Waals surface area contributed by atoms with Gasteiger partial charge in [0.15, 0.2) is 17.3 Å². The Bertz CT molecular complexity index is 1000. The van der Waals surface area contributed by atoms with Gasteiger partial charge in [-0.3, -0.25) is 4.79 Å². The fourth-order valence-corrected chi connectivity index (χ4v) is 3.17. The summed E-state index contributed by atoms with van der Waals surface area (Å²) in [6.45, 7) is 0. The number of ketones is 1. The second-order valence-electron chi connectivity index (χ2n) is 5.98. The minimum absolute atomic E-state index is 0.214. The van der Waals surface area contributed by atoms with Gasteiger partial charge in [0.1, 0.15) is 11.5 Å². The van der Waals surface area contributed by atoms with Crippen molar-refractivity contribution in [2.45, 2.75) is 0 Å². The molecule has 6 heteroatoms. The van der Waals surface area contributed by atoms with E-state index in [1.165, 1.54) is 21.3 Å². The highest BCUT2D eigenvalue weighted by Crippen LogP contribution is 2.40. The molecule has 0 amide bonds. The molecule has 0 aliphatic carbocycles. The zero-order chi connectivity index (χ0) is 20.3. The fraction of sp³-hybridized carbons (Fsp3) is 0.227. The van der Waals surface area contributed by atoms with Gasteiger partial charge in [-0.15, -0.1) is 0 Å². The van der Waals surface area contributed by atoms with Gasteiger partial charge >= 0.3 is 0 Å². The smallest absolute Gasteiger partial charge is 0.203 e. The van der Waals surface area contributed by atoms with Crippen LogP contribution >= 0.6 is 0 Å². The van der Waals surface area contributed by atoms with Crippen molar-refractivity contribution in [3.8, 4) is 28.7 Å². The van der Waals surface area contributed by atoms with Crippen LogP contribution in [0.2, 0.25) is 0 Å². The first-order valence-electron chi connectivity index (χ1n) is 8.57. The van der Waals surface area contributed by atoms with Gasteiger partial charge in [-0.25, -0.2) is 0 Å². The van der Waals surface area contributed by atoms with Gasteiger partial charge < -0.3 is 23.7 Å². The van der Waals surface area contributed by atoms with E-state index in [0.29, 0.717) is 34.1 Å².